The third kappa shape index (κ3) is 2.58. The number of carbonyl (C=O) groups excluding carboxylic acids is 1. The number of nitro groups is 1. The summed E-state index contributed by atoms with van der Waals surface area (Å²) in [5.74, 6) is 0.222. The van der Waals surface area contributed by atoms with Gasteiger partial charge in [-0.05, 0) is 22.0 Å². The predicted octanol–water partition coefficient (Wildman–Crippen LogP) is 3.12. The molecule has 0 N–H and O–H groups in total. The Hall–Kier alpha value is -1.14. The van der Waals surface area contributed by atoms with E-state index in [1.165, 1.54) is 12.1 Å². The number of ketones is 1. The first-order chi connectivity index (χ1) is 7.97. The van der Waals surface area contributed by atoms with Crippen molar-refractivity contribution in [2.45, 2.75) is 18.9 Å². The topological polar surface area (TPSA) is 69.4 Å². The largest absolute Gasteiger partial charge is 0.482 e. The van der Waals surface area contributed by atoms with Crippen molar-refractivity contribution in [3.05, 3.63) is 31.7 Å². The molecule has 0 unspecified atom stereocenters. The smallest absolute Gasteiger partial charge is 0.313 e. The normalized spacial score (nSPS) is 15.5. The second-order valence-corrected chi connectivity index (χ2v) is 4.97. The highest BCUT2D eigenvalue weighted by atomic mass is 79.9. The molecule has 1 aliphatic rings. The van der Waals surface area contributed by atoms with Gasteiger partial charge in [0.1, 0.15) is 11.9 Å². The lowest BCUT2D eigenvalue weighted by Crippen LogP contribution is -2.34. The van der Waals surface area contributed by atoms with Crippen LogP contribution in [0.2, 0.25) is 5.02 Å². The molecule has 0 aromatic heterocycles. The standard InChI is InChI=1S/C10H7BrClNO4/c11-8-1-5(12)2-9(13(15)16)10(8)17-7-3-6(14)4-7/h1-2,7H,3-4H2. The summed E-state index contributed by atoms with van der Waals surface area (Å²) in [6, 6.07) is 2.74. The minimum absolute atomic E-state index is 0.0998. The van der Waals surface area contributed by atoms with E-state index < -0.39 is 4.92 Å². The van der Waals surface area contributed by atoms with Gasteiger partial charge in [0, 0.05) is 23.9 Å². The molecule has 1 fully saturated rings. The molecule has 0 radical (unpaired) electrons. The van der Waals surface area contributed by atoms with E-state index >= 15 is 0 Å². The zero-order valence-corrected chi connectivity index (χ0v) is 10.8. The highest BCUT2D eigenvalue weighted by Gasteiger charge is 2.31. The van der Waals surface area contributed by atoms with Crippen LogP contribution in [-0.4, -0.2) is 16.8 Å². The highest BCUT2D eigenvalue weighted by Crippen LogP contribution is 2.39. The van der Waals surface area contributed by atoms with Crippen LogP contribution >= 0.6 is 27.5 Å². The van der Waals surface area contributed by atoms with Crippen molar-refractivity contribution >= 4 is 39.0 Å². The van der Waals surface area contributed by atoms with Crippen LogP contribution in [0.25, 0.3) is 0 Å². The zero-order chi connectivity index (χ0) is 12.6. The molecule has 90 valence electrons. The lowest BCUT2D eigenvalue weighted by molar-refractivity contribution is -0.386. The van der Waals surface area contributed by atoms with E-state index in [0.29, 0.717) is 17.3 Å². The summed E-state index contributed by atoms with van der Waals surface area (Å²) in [4.78, 5) is 21.1. The maximum Gasteiger partial charge on any atom is 0.313 e. The number of ether oxygens (including phenoxy) is 1. The van der Waals surface area contributed by atoms with Crippen LogP contribution in [0.3, 0.4) is 0 Å². The maximum absolute atomic E-state index is 10.9. The number of rotatable bonds is 3. The molecule has 0 bridgehead atoms. The van der Waals surface area contributed by atoms with Gasteiger partial charge in [-0.15, -0.1) is 0 Å². The molecule has 1 aliphatic carbocycles. The SMILES string of the molecule is O=C1CC(Oc2c(Br)cc(Cl)cc2[N+](=O)[O-])C1. The van der Waals surface area contributed by atoms with Crippen LogP contribution in [0.4, 0.5) is 5.69 Å². The summed E-state index contributed by atoms with van der Waals surface area (Å²) in [5, 5.41) is 11.1. The molecule has 0 amide bonds. The second kappa shape index (κ2) is 4.62. The molecule has 1 aromatic rings. The van der Waals surface area contributed by atoms with Gasteiger partial charge in [-0.1, -0.05) is 11.6 Å². The number of carbonyl (C=O) groups is 1. The first-order valence-corrected chi connectivity index (χ1v) is 5.96. The Labute approximate surface area is 110 Å². The van der Waals surface area contributed by atoms with Crippen molar-refractivity contribution in [2.24, 2.45) is 0 Å². The minimum atomic E-state index is -0.563. The van der Waals surface area contributed by atoms with E-state index in [1.807, 2.05) is 0 Å². The average molecular weight is 321 g/mol. The molecular weight excluding hydrogens is 313 g/mol. The zero-order valence-electron chi connectivity index (χ0n) is 8.48. The summed E-state index contributed by atoms with van der Waals surface area (Å²) in [7, 11) is 0. The number of nitro benzene ring substituents is 1. The average Bonchev–Trinajstić information content (AvgIpc) is 2.18. The van der Waals surface area contributed by atoms with Crippen LogP contribution in [0.15, 0.2) is 16.6 Å². The molecule has 1 saturated carbocycles. The van der Waals surface area contributed by atoms with E-state index in [-0.39, 0.29) is 28.3 Å². The Morgan fingerprint density at radius 2 is 2.12 bits per heavy atom. The summed E-state index contributed by atoms with van der Waals surface area (Å²) in [6.07, 6.45) is 0.317. The summed E-state index contributed by atoms with van der Waals surface area (Å²) >= 11 is 8.89. The van der Waals surface area contributed by atoms with Gasteiger partial charge in [0.25, 0.3) is 0 Å². The fourth-order valence-corrected chi connectivity index (χ4v) is 2.38. The monoisotopic (exact) mass is 319 g/mol. The van der Waals surface area contributed by atoms with E-state index in [4.69, 9.17) is 16.3 Å². The molecule has 0 heterocycles. The van der Waals surface area contributed by atoms with Crippen molar-refractivity contribution in [1.29, 1.82) is 0 Å². The lowest BCUT2D eigenvalue weighted by atomic mass is 9.94. The second-order valence-electron chi connectivity index (χ2n) is 3.68. The number of nitrogens with zero attached hydrogens (tertiary/aromatic N) is 1. The number of Topliss-reactive ketones (excluding diaryl/α,β-unsaturated/α-hetero) is 1. The van der Waals surface area contributed by atoms with E-state index in [2.05, 4.69) is 15.9 Å². The number of hydrogen-bond acceptors (Lipinski definition) is 4. The molecule has 0 saturated heterocycles. The van der Waals surface area contributed by atoms with Gasteiger partial charge in [-0.3, -0.25) is 14.9 Å². The fraction of sp³-hybridized carbons (Fsp3) is 0.300. The van der Waals surface area contributed by atoms with Gasteiger partial charge in [0.2, 0.25) is 5.75 Å². The van der Waals surface area contributed by atoms with Crippen molar-refractivity contribution < 1.29 is 14.5 Å². The van der Waals surface area contributed by atoms with Crippen molar-refractivity contribution in [3.8, 4) is 5.75 Å². The van der Waals surface area contributed by atoms with Crippen LogP contribution in [0.5, 0.6) is 5.75 Å². The summed E-state index contributed by atoms with van der Waals surface area (Å²) in [5.41, 5.74) is -0.205. The van der Waals surface area contributed by atoms with Gasteiger partial charge in [-0.2, -0.15) is 0 Å². The fourth-order valence-electron chi connectivity index (χ4n) is 1.50. The van der Waals surface area contributed by atoms with Gasteiger partial charge in [0.15, 0.2) is 0 Å². The predicted molar refractivity (Wildman–Crippen MR) is 64.5 cm³/mol. The van der Waals surface area contributed by atoms with Gasteiger partial charge < -0.3 is 4.74 Å². The molecule has 17 heavy (non-hydrogen) atoms. The molecular formula is C10H7BrClNO4. The molecule has 0 atom stereocenters. The van der Waals surface area contributed by atoms with E-state index in [0.717, 1.165) is 0 Å². The number of hydrogen-bond donors (Lipinski definition) is 0. The van der Waals surface area contributed by atoms with Crippen molar-refractivity contribution in [3.63, 3.8) is 0 Å². The van der Waals surface area contributed by atoms with Crippen molar-refractivity contribution in [2.75, 3.05) is 0 Å². The molecule has 7 heteroatoms. The Kier molecular flexibility index (Phi) is 3.35. The Balaban J connectivity index is 2.30. The van der Waals surface area contributed by atoms with Crippen LogP contribution in [-0.2, 0) is 4.79 Å². The van der Waals surface area contributed by atoms with Crippen molar-refractivity contribution in [1.82, 2.24) is 0 Å². The molecule has 1 aromatic carbocycles. The Morgan fingerprint density at radius 3 is 2.65 bits per heavy atom. The van der Waals surface area contributed by atoms with Crippen LogP contribution < -0.4 is 4.74 Å². The van der Waals surface area contributed by atoms with E-state index in [1.54, 1.807) is 0 Å². The summed E-state index contributed by atoms with van der Waals surface area (Å²) < 4.78 is 5.84. The molecule has 0 spiro atoms. The quantitative estimate of drug-likeness (QED) is 0.634. The number of benzene rings is 1. The third-order valence-electron chi connectivity index (χ3n) is 2.38. The maximum atomic E-state index is 10.9. The highest BCUT2D eigenvalue weighted by molar-refractivity contribution is 9.10. The molecule has 2 rings (SSSR count). The molecule has 0 aliphatic heterocycles. The van der Waals surface area contributed by atoms with Gasteiger partial charge in [0.05, 0.1) is 9.40 Å². The van der Waals surface area contributed by atoms with Gasteiger partial charge >= 0.3 is 5.69 Å². The number of halogens is 2. The third-order valence-corrected chi connectivity index (χ3v) is 3.19. The molecule has 5 nitrogen and oxygen atoms in total. The first-order valence-electron chi connectivity index (χ1n) is 4.79. The Morgan fingerprint density at radius 1 is 1.47 bits per heavy atom. The van der Waals surface area contributed by atoms with E-state index in [9.17, 15) is 14.9 Å². The van der Waals surface area contributed by atoms with Gasteiger partial charge in [-0.25, -0.2) is 0 Å². The Bertz CT molecular complexity index is 497. The lowest BCUT2D eigenvalue weighted by Gasteiger charge is -2.25. The van der Waals surface area contributed by atoms with Crippen LogP contribution in [0, 0.1) is 10.1 Å². The summed E-state index contributed by atoms with van der Waals surface area (Å²) in [6.45, 7) is 0. The first kappa shape index (κ1) is 12.3. The van der Waals surface area contributed by atoms with Crippen LogP contribution in [0.1, 0.15) is 12.8 Å². The minimum Gasteiger partial charge on any atom is -0.482 e.